The van der Waals surface area contributed by atoms with Crippen LogP contribution >= 0.6 is 0 Å². The molecule has 9 rings (SSSR count). The number of unbranched alkanes of at least 4 members (excludes halogenated alkanes) is 8. The van der Waals surface area contributed by atoms with Gasteiger partial charge in [-0.3, -0.25) is 0 Å². The van der Waals surface area contributed by atoms with Crippen LogP contribution in [0.3, 0.4) is 0 Å². The van der Waals surface area contributed by atoms with E-state index in [1.54, 1.807) is 0 Å². The van der Waals surface area contributed by atoms with Crippen molar-refractivity contribution in [2.75, 3.05) is 0 Å². The van der Waals surface area contributed by atoms with Crippen LogP contribution in [0.2, 0.25) is 0 Å². The first-order valence-corrected chi connectivity index (χ1v) is 22.0. The zero-order valence-corrected chi connectivity index (χ0v) is 34.4. The van der Waals surface area contributed by atoms with Crippen LogP contribution in [0, 0.1) is 0 Å². The zero-order chi connectivity index (χ0) is 39.3. The lowest BCUT2D eigenvalue weighted by atomic mass is 9.90. The van der Waals surface area contributed by atoms with Crippen LogP contribution < -0.4 is 0 Å². The third kappa shape index (κ3) is 7.37. The average Bonchev–Trinajstić information content (AvgIpc) is 3.76. The van der Waals surface area contributed by atoms with Gasteiger partial charge in [-0.1, -0.05) is 187 Å². The Morgan fingerprint density at radius 3 is 1.07 bits per heavy atom. The molecule has 0 N–H and O–H groups in total. The van der Waals surface area contributed by atoms with Gasteiger partial charge < -0.3 is 9.13 Å². The van der Waals surface area contributed by atoms with Gasteiger partial charge in [0.05, 0.1) is 0 Å². The number of fused-ring (bicyclic) bond motifs is 8. The molecule has 0 aliphatic heterocycles. The van der Waals surface area contributed by atoms with Crippen molar-refractivity contribution >= 4 is 89.5 Å². The molecule has 0 atom stereocenters. The fourth-order valence-electron chi connectivity index (χ4n) is 9.49. The summed E-state index contributed by atoms with van der Waals surface area (Å²) in [5, 5.41) is 10.5. The van der Waals surface area contributed by atoms with Crippen molar-refractivity contribution in [2.45, 2.75) is 91.1 Å². The number of para-hydroxylation sites is 2. The molecule has 0 saturated heterocycles. The molecular weight excluding hydrogens is 701 g/mol. The Morgan fingerprint density at radius 2 is 0.672 bits per heavy atom. The molecule has 9 aromatic rings. The lowest BCUT2D eigenvalue weighted by molar-refractivity contribution is 0.584. The van der Waals surface area contributed by atoms with E-state index in [1.807, 2.05) is 0 Å². The molecule has 290 valence electrons. The van der Waals surface area contributed by atoms with E-state index in [4.69, 9.17) is 0 Å². The monoisotopic (exact) mass is 756 g/mol. The lowest BCUT2D eigenvalue weighted by Crippen LogP contribution is -1.97. The SMILES string of the molecule is CCCCCCCn1c2ccccc2c2cc(/C=C/c3c4ccccc4c(/C=C/c4ccc5c(c4)c4ccccc4n5CCCCCCC)c4ccccc34)ccc21. The topological polar surface area (TPSA) is 9.86 Å². The van der Waals surface area contributed by atoms with Gasteiger partial charge in [-0.25, -0.2) is 0 Å². The first-order valence-electron chi connectivity index (χ1n) is 22.0. The lowest BCUT2D eigenvalue weighted by Gasteiger charge is -2.13. The van der Waals surface area contributed by atoms with Gasteiger partial charge in [0.1, 0.15) is 0 Å². The summed E-state index contributed by atoms with van der Waals surface area (Å²) in [7, 11) is 0. The number of hydrogen-bond donors (Lipinski definition) is 0. The molecule has 0 aliphatic rings. The van der Waals surface area contributed by atoms with Crippen molar-refractivity contribution in [3.05, 3.63) is 156 Å². The molecule has 0 amide bonds. The van der Waals surface area contributed by atoms with E-state index in [-0.39, 0.29) is 0 Å². The maximum Gasteiger partial charge on any atom is 0.0491 e. The van der Waals surface area contributed by atoms with Crippen LogP contribution in [0.1, 0.15) is 100 Å². The normalized spacial score (nSPS) is 12.3. The van der Waals surface area contributed by atoms with Gasteiger partial charge >= 0.3 is 0 Å². The van der Waals surface area contributed by atoms with Crippen molar-refractivity contribution in [3.63, 3.8) is 0 Å². The van der Waals surface area contributed by atoms with Crippen LogP contribution in [0.5, 0.6) is 0 Å². The molecule has 0 saturated carbocycles. The summed E-state index contributed by atoms with van der Waals surface area (Å²) in [6, 6.07) is 49.8. The van der Waals surface area contributed by atoms with Crippen LogP contribution in [0.4, 0.5) is 0 Å². The van der Waals surface area contributed by atoms with E-state index < -0.39 is 0 Å². The number of aryl methyl sites for hydroxylation is 2. The molecule has 58 heavy (non-hydrogen) atoms. The number of benzene rings is 7. The summed E-state index contributed by atoms with van der Waals surface area (Å²) in [5.41, 5.74) is 10.3. The Kier molecular flexibility index (Phi) is 11.3. The van der Waals surface area contributed by atoms with Gasteiger partial charge in [0.25, 0.3) is 0 Å². The van der Waals surface area contributed by atoms with E-state index >= 15 is 0 Å². The zero-order valence-electron chi connectivity index (χ0n) is 34.4. The summed E-state index contributed by atoms with van der Waals surface area (Å²) < 4.78 is 5.09. The van der Waals surface area contributed by atoms with E-state index in [2.05, 4.69) is 181 Å². The molecule has 0 fully saturated rings. The van der Waals surface area contributed by atoms with Gasteiger partial charge in [-0.15, -0.1) is 0 Å². The van der Waals surface area contributed by atoms with Crippen molar-refractivity contribution < 1.29 is 0 Å². The molecule has 0 bridgehead atoms. The van der Waals surface area contributed by atoms with Gasteiger partial charge in [-0.05, 0) is 93.0 Å². The van der Waals surface area contributed by atoms with E-state index in [0.717, 1.165) is 13.1 Å². The molecule has 2 nitrogen and oxygen atoms in total. The van der Waals surface area contributed by atoms with Crippen molar-refractivity contribution in [1.82, 2.24) is 9.13 Å². The Hall–Kier alpha value is -5.86. The van der Waals surface area contributed by atoms with Gasteiger partial charge in [0, 0.05) is 56.7 Å². The molecular formula is C56H56N2. The highest BCUT2D eigenvalue weighted by Crippen LogP contribution is 2.37. The molecule has 0 spiro atoms. The second kappa shape index (κ2) is 17.3. The fourth-order valence-corrected chi connectivity index (χ4v) is 9.49. The third-order valence-electron chi connectivity index (χ3n) is 12.5. The maximum atomic E-state index is 2.55. The van der Waals surface area contributed by atoms with Crippen molar-refractivity contribution in [2.24, 2.45) is 0 Å². The Labute approximate surface area is 344 Å². The van der Waals surface area contributed by atoms with Crippen LogP contribution in [-0.2, 0) is 13.1 Å². The Morgan fingerprint density at radius 1 is 0.328 bits per heavy atom. The predicted molar refractivity (Wildman–Crippen MR) is 256 cm³/mol. The van der Waals surface area contributed by atoms with Crippen LogP contribution in [0.25, 0.3) is 89.5 Å². The first-order chi connectivity index (χ1) is 28.7. The van der Waals surface area contributed by atoms with E-state index in [1.165, 1.54) is 152 Å². The maximum absolute atomic E-state index is 2.55. The fraction of sp³-hybridized carbons (Fsp3) is 0.250. The Bertz CT molecular complexity index is 2670. The third-order valence-corrected chi connectivity index (χ3v) is 12.5. The van der Waals surface area contributed by atoms with Gasteiger partial charge in [0.2, 0.25) is 0 Å². The van der Waals surface area contributed by atoms with Gasteiger partial charge in [0.15, 0.2) is 0 Å². The minimum absolute atomic E-state index is 1.07. The summed E-state index contributed by atoms with van der Waals surface area (Å²) >= 11 is 0. The number of aromatic nitrogens is 2. The Balaban J connectivity index is 1.06. The number of nitrogens with zero attached hydrogens (tertiary/aromatic N) is 2. The second-order valence-corrected chi connectivity index (χ2v) is 16.3. The average molecular weight is 757 g/mol. The van der Waals surface area contributed by atoms with Gasteiger partial charge in [-0.2, -0.15) is 0 Å². The summed E-state index contributed by atoms with van der Waals surface area (Å²) in [6.45, 7) is 6.71. The van der Waals surface area contributed by atoms with Crippen molar-refractivity contribution in [1.29, 1.82) is 0 Å². The first kappa shape index (κ1) is 37.7. The number of hydrogen-bond acceptors (Lipinski definition) is 0. The second-order valence-electron chi connectivity index (χ2n) is 16.3. The standard InChI is InChI=1S/C56H56N2/c1-3-5-7-9-19-37-57-53-27-17-15-25-49(53)51-39-41(31-35-55(51)57)29-33-47-43-21-11-13-23-45(43)48(46-24-14-12-22-44(46)47)34-30-42-32-36-56-52(40-42)50-26-16-18-28-54(50)58(56)38-20-10-8-6-4-2/h11-18,21-36,39-40H,3-10,19-20,37-38H2,1-2H3/b33-29+,34-30+. The molecule has 0 aliphatic carbocycles. The highest BCUT2D eigenvalue weighted by molar-refractivity contribution is 6.15. The smallest absolute Gasteiger partial charge is 0.0491 e. The predicted octanol–water partition coefficient (Wildman–Crippen LogP) is 16.5. The minimum atomic E-state index is 1.07. The largest absolute Gasteiger partial charge is 0.340 e. The van der Waals surface area contributed by atoms with Crippen molar-refractivity contribution in [3.8, 4) is 0 Å². The van der Waals surface area contributed by atoms with Crippen LogP contribution in [0.15, 0.2) is 133 Å². The van der Waals surface area contributed by atoms with Crippen LogP contribution in [-0.4, -0.2) is 9.13 Å². The summed E-state index contributed by atoms with van der Waals surface area (Å²) in [4.78, 5) is 0. The minimum Gasteiger partial charge on any atom is -0.340 e. The molecule has 2 aromatic heterocycles. The molecule has 0 unspecified atom stereocenters. The summed E-state index contributed by atoms with van der Waals surface area (Å²) in [5.74, 6) is 0. The molecule has 0 radical (unpaired) electrons. The molecule has 2 heterocycles. The van der Waals surface area contributed by atoms with E-state index in [0.29, 0.717) is 0 Å². The highest BCUT2D eigenvalue weighted by Gasteiger charge is 2.14. The summed E-state index contributed by atoms with van der Waals surface area (Å²) in [6.07, 6.45) is 22.2. The molecule has 2 heteroatoms. The number of rotatable bonds is 16. The highest BCUT2D eigenvalue weighted by atomic mass is 15.0. The quantitative estimate of drug-likeness (QED) is 0.0528. The molecule has 7 aromatic carbocycles. The van der Waals surface area contributed by atoms with E-state index in [9.17, 15) is 0 Å².